The molecule has 0 atom stereocenters. The Labute approximate surface area is 220 Å². The largest absolute Gasteiger partial charge is 0.493 e. The summed E-state index contributed by atoms with van der Waals surface area (Å²) in [6, 6.07) is 16.2. The summed E-state index contributed by atoms with van der Waals surface area (Å²) >= 11 is 19.9. The quantitative estimate of drug-likeness (QED) is 0.110. The molecule has 0 radical (unpaired) electrons. The van der Waals surface area contributed by atoms with Crippen molar-refractivity contribution < 1.29 is 14.3 Å². The van der Waals surface area contributed by atoms with Crippen molar-refractivity contribution in [1.82, 2.24) is 15.4 Å². The summed E-state index contributed by atoms with van der Waals surface area (Å²) < 4.78 is 11.4. The highest BCUT2D eigenvalue weighted by molar-refractivity contribution is 7.99. The van der Waals surface area contributed by atoms with Crippen molar-refractivity contribution in [1.29, 1.82) is 0 Å². The number of nitrogens with zero attached hydrogens (tertiary/aromatic N) is 2. The average molecular weight is 550 g/mol. The molecule has 0 saturated heterocycles. The molecule has 180 valence electrons. The van der Waals surface area contributed by atoms with Gasteiger partial charge in [-0.15, -0.1) is 0 Å². The number of thioether (sulfide) groups is 1. The average Bonchev–Trinajstić information content (AvgIpc) is 3.28. The van der Waals surface area contributed by atoms with Crippen LogP contribution in [-0.4, -0.2) is 35.0 Å². The first-order valence-corrected chi connectivity index (χ1v) is 12.4. The first-order valence-electron chi connectivity index (χ1n) is 10.3. The molecule has 0 aliphatic carbocycles. The third-order valence-corrected chi connectivity index (χ3v) is 6.90. The molecule has 0 bridgehead atoms. The number of nitrogens with one attached hydrogen (secondary N) is 2. The second-order valence-electron chi connectivity index (χ2n) is 7.13. The van der Waals surface area contributed by atoms with E-state index in [1.54, 1.807) is 30.3 Å². The van der Waals surface area contributed by atoms with Gasteiger partial charge in [-0.1, -0.05) is 64.8 Å². The molecule has 0 unspecified atom stereocenters. The summed E-state index contributed by atoms with van der Waals surface area (Å²) in [7, 11) is 1.53. The summed E-state index contributed by atoms with van der Waals surface area (Å²) in [6.07, 6.45) is 1.47. The van der Waals surface area contributed by atoms with Crippen LogP contribution in [0.5, 0.6) is 11.5 Å². The minimum Gasteiger partial charge on any atom is -0.493 e. The predicted molar refractivity (Wildman–Crippen MR) is 141 cm³/mol. The highest BCUT2D eigenvalue weighted by atomic mass is 35.5. The fraction of sp³-hybridized carbons (Fsp3) is 0.125. The van der Waals surface area contributed by atoms with E-state index in [9.17, 15) is 4.79 Å². The van der Waals surface area contributed by atoms with Gasteiger partial charge >= 0.3 is 0 Å². The van der Waals surface area contributed by atoms with E-state index in [-0.39, 0.29) is 18.3 Å². The number of aromatic amines is 1. The van der Waals surface area contributed by atoms with Gasteiger partial charge in [-0.3, -0.25) is 4.79 Å². The molecule has 3 aromatic carbocycles. The van der Waals surface area contributed by atoms with E-state index in [0.717, 1.165) is 11.0 Å². The topological polar surface area (TPSA) is 88.6 Å². The Kier molecular flexibility index (Phi) is 8.41. The maximum absolute atomic E-state index is 12.3. The summed E-state index contributed by atoms with van der Waals surface area (Å²) in [6.45, 7) is 0.0555. The van der Waals surface area contributed by atoms with Crippen LogP contribution in [0.2, 0.25) is 15.1 Å². The molecule has 35 heavy (non-hydrogen) atoms. The van der Waals surface area contributed by atoms with Crippen molar-refractivity contribution in [3.63, 3.8) is 0 Å². The van der Waals surface area contributed by atoms with E-state index in [2.05, 4.69) is 20.5 Å². The lowest BCUT2D eigenvalue weighted by Crippen LogP contribution is -2.19. The van der Waals surface area contributed by atoms with E-state index in [0.29, 0.717) is 42.9 Å². The number of rotatable bonds is 9. The molecule has 4 rings (SSSR count). The zero-order chi connectivity index (χ0) is 24.8. The predicted octanol–water partition coefficient (Wildman–Crippen LogP) is 6.35. The number of imidazole rings is 1. The molecule has 0 aliphatic rings. The van der Waals surface area contributed by atoms with Crippen LogP contribution in [0.25, 0.3) is 11.0 Å². The third-order valence-electron chi connectivity index (χ3n) is 4.83. The van der Waals surface area contributed by atoms with Crippen molar-refractivity contribution in [2.45, 2.75) is 11.8 Å². The van der Waals surface area contributed by atoms with Crippen molar-refractivity contribution in [3.05, 3.63) is 80.8 Å². The maximum atomic E-state index is 12.3. The molecule has 11 heteroatoms. The lowest BCUT2D eigenvalue weighted by molar-refractivity contribution is -0.118. The zero-order valence-electron chi connectivity index (χ0n) is 18.3. The number of H-pyrrole nitrogens is 1. The van der Waals surface area contributed by atoms with Gasteiger partial charge in [0.15, 0.2) is 16.7 Å². The van der Waals surface area contributed by atoms with Gasteiger partial charge in [0.25, 0.3) is 5.91 Å². The maximum Gasteiger partial charge on any atom is 0.250 e. The number of carbonyl (C=O) groups is 1. The Bertz CT molecular complexity index is 1360. The van der Waals surface area contributed by atoms with Gasteiger partial charge in [0.05, 0.1) is 40.2 Å². The Morgan fingerprint density at radius 2 is 1.91 bits per heavy atom. The van der Waals surface area contributed by atoms with Crippen LogP contribution >= 0.6 is 46.6 Å². The number of amides is 1. The number of benzene rings is 3. The Balaban J connectivity index is 1.40. The molecule has 7 nitrogen and oxygen atoms in total. The molecule has 1 heterocycles. The standard InChI is InChI=1S/C24H19Cl3N4O3S/c1-33-20-8-4-5-14(23(20)34-12-15-16(25)9-10-17(26)22(15)27)11-28-31-21(32)13-35-24-29-18-6-2-3-7-19(18)30-24/h2-11H,12-13H2,1H3,(H,29,30)(H,31,32)/b28-11+. The number of halogens is 3. The minimum atomic E-state index is -0.283. The lowest BCUT2D eigenvalue weighted by atomic mass is 10.2. The van der Waals surface area contributed by atoms with Crippen molar-refractivity contribution in [2.24, 2.45) is 5.10 Å². The second kappa shape index (κ2) is 11.7. The fourth-order valence-corrected chi connectivity index (χ4v) is 4.47. The highest BCUT2D eigenvalue weighted by Crippen LogP contribution is 2.35. The van der Waals surface area contributed by atoms with Crippen LogP contribution in [0.4, 0.5) is 0 Å². The van der Waals surface area contributed by atoms with Crippen molar-refractivity contribution in [3.8, 4) is 11.5 Å². The first kappa shape index (κ1) is 25.2. The Morgan fingerprint density at radius 1 is 1.11 bits per heavy atom. The summed E-state index contributed by atoms with van der Waals surface area (Å²) in [5.74, 6) is 0.756. The first-order chi connectivity index (χ1) is 17.0. The number of hydrazone groups is 1. The van der Waals surface area contributed by atoms with Crippen LogP contribution in [-0.2, 0) is 11.4 Å². The van der Waals surface area contributed by atoms with Gasteiger partial charge in [-0.2, -0.15) is 5.10 Å². The van der Waals surface area contributed by atoms with Crippen LogP contribution in [0, 0.1) is 0 Å². The van der Waals surface area contributed by atoms with Crippen LogP contribution in [0.15, 0.2) is 64.9 Å². The van der Waals surface area contributed by atoms with E-state index < -0.39 is 0 Å². The third kappa shape index (κ3) is 6.21. The molecule has 0 saturated carbocycles. The SMILES string of the molecule is COc1cccc(/C=N/NC(=O)CSc2nc3ccccc3[nH]2)c1OCc1c(Cl)ccc(Cl)c1Cl. The van der Waals surface area contributed by atoms with Crippen molar-refractivity contribution >= 4 is 69.7 Å². The second-order valence-corrected chi connectivity index (χ2v) is 9.29. The Hall–Kier alpha value is -2.91. The van der Waals surface area contributed by atoms with Gasteiger partial charge in [-0.05, 0) is 36.4 Å². The molecule has 1 amide bonds. The van der Waals surface area contributed by atoms with Gasteiger partial charge in [0.2, 0.25) is 0 Å². The lowest BCUT2D eigenvalue weighted by Gasteiger charge is -2.15. The molecular weight excluding hydrogens is 531 g/mol. The smallest absolute Gasteiger partial charge is 0.250 e. The van der Waals surface area contributed by atoms with E-state index in [1.807, 2.05) is 24.3 Å². The molecule has 0 fully saturated rings. The number of methoxy groups -OCH3 is 1. The summed E-state index contributed by atoms with van der Waals surface area (Å²) in [5, 5.41) is 5.84. The van der Waals surface area contributed by atoms with Crippen LogP contribution in [0.3, 0.4) is 0 Å². The zero-order valence-corrected chi connectivity index (χ0v) is 21.4. The summed E-state index contributed by atoms with van der Waals surface area (Å²) in [5.41, 5.74) is 5.41. The van der Waals surface area contributed by atoms with Crippen LogP contribution in [0.1, 0.15) is 11.1 Å². The highest BCUT2D eigenvalue weighted by Gasteiger charge is 2.14. The van der Waals surface area contributed by atoms with Gasteiger partial charge < -0.3 is 14.5 Å². The normalized spacial score (nSPS) is 11.2. The fourth-order valence-electron chi connectivity index (χ4n) is 3.13. The molecule has 4 aromatic rings. The van der Waals surface area contributed by atoms with Crippen LogP contribution < -0.4 is 14.9 Å². The number of ether oxygens (including phenoxy) is 2. The summed E-state index contributed by atoms with van der Waals surface area (Å²) in [4.78, 5) is 19.9. The van der Waals surface area contributed by atoms with E-state index in [1.165, 1.54) is 25.1 Å². The van der Waals surface area contributed by atoms with E-state index in [4.69, 9.17) is 44.3 Å². The monoisotopic (exact) mass is 548 g/mol. The number of fused-ring (bicyclic) bond motifs is 1. The number of para-hydroxylation sites is 3. The molecule has 2 N–H and O–H groups in total. The number of carbonyl (C=O) groups excluding carboxylic acids is 1. The molecule has 0 aliphatic heterocycles. The van der Waals surface area contributed by atoms with Crippen molar-refractivity contribution in [2.75, 3.05) is 12.9 Å². The van der Waals surface area contributed by atoms with Gasteiger partial charge in [-0.25, -0.2) is 10.4 Å². The molecule has 0 spiro atoms. The van der Waals surface area contributed by atoms with Gasteiger partial charge in [0.1, 0.15) is 6.61 Å². The Morgan fingerprint density at radius 3 is 2.71 bits per heavy atom. The molecule has 1 aromatic heterocycles. The van der Waals surface area contributed by atoms with Gasteiger partial charge in [0, 0.05) is 16.1 Å². The molecular formula is C24H19Cl3N4O3S. The van der Waals surface area contributed by atoms with E-state index >= 15 is 0 Å². The number of hydrogen-bond acceptors (Lipinski definition) is 6. The number of hydrogen-bond donors (Lipinski definition) is 2. The number of aromatic nitrogens is 2. The minimum absolute atomic E-state index is 0.0555.